The molecule has 0 aliphatic heterocycles. The fourth-order valence-corrected chi connectivity index (χ4v) is 1.53. The van der Waals surface area contributed by atoms with Crippen LogP contribution in [0.4, 0.5) is 11.4 Å². The van der Waals surface area contributed by atoms with Gasteiger partial charge in [-0.2, -0.15) is 0 Å². The Kier molecular flexibility index (Phi) is 5.76. The number of nitro benzene ring substituents is 1. The summed E-state index contributed by atoms with van der Waals surface area (Å²) >= 11 is 10.9. The Bertz CT molecular complexity index is 456. The van der Waals surface area contributed by atoms with Gasteiger partial charge in [0, 0.05) is 25.8 Å². The lowest BCUT2D eigenvalue weighted by molar-refractivity contribution is -0.384. The van der Waals surface area contributed by atoms with Crippen LogP contribution in [0.1, 0.15) is 0 Å². The second kappa shape index (κ2) is 7.10. The van der Waals surface area contributed by atoms with Crippen molar-refractivity contribution in [2.24, 2.45) is 0 Å². The van der Waals surface area contributed by atoms with E-state index in [9.17, 15) is 10.1 Å². The van der Waals surface area contributed by atoms with Crippen LogP contribution in [0.5, 0.6) is 0 Å². The summed E-state index contributed by atoms with van der Waals surface area (Å²) < 4.78 is 4.85. The molecule has 0 spiro atoms. The van der Waals surface area contributed by atoms with E-state index in [0.717, 1.165) is 0 Å². The minimum absolute atomic E-state index is 0.0541. The number of thiocarbonyl (C=S) groups is 1. The Labute approximate surface area is 114 Å². The zero-order valence-corrected chi connectivity index (χ0v) is 11.2. The lowest BCUT2D eigenvalue weighted by Gasteiger charge is -2.11. The van der Waals surface area contributed by atoms with Gasteiger partial charge in [-0.3, -0.25) is 10.1 Å². The van der Waals surface area contributed by atoms with Gasteiger partial charge in [0.1, 0.15) is 0 Å². The normalized spacial score (nSPS) is 9.89. The lowest BCUT2D eigenvalue weighted by atomic mass is 10.3. The Balaban J connectivity index is 2.68. The van der Waals surface area contributed by atoms with Crippen molar-refractivity contribution in [3.63, 3.8) is 0 Å². The van der Waals surface area contributed by atoms with Crippen molar-refractivity contribution in [3.8, 4) is 0 Å². The number of anilines is 1. The predicted molar refractivity (Wildman–Crippen MR) is 74.2 cm³/mol. The summed E-state index contributed by atoms with van der Waals surface area (Å²) in [5.41, 5.74) is 0.336. The van der Waals surface area contributed by atoms with E-state index in [-0.39, 0.29) is 5.69 Å². The first-order valence-electron chi connectivity index (χ1n) is 5.02. The van der Waals surface area contributed by atoms with Gasteiger partial charge in [0.25, 0.3) is 5.69 Å². The number of hydrogen-bond acceptors (Lipinski definition) is 4. The average Bonchev–Trinajstić information content (AvgIpc) is 2.32. The number of non-ortho nitro benzene ring substituents is 1. The third-order valence-corrected chi connectivity index (χ3v) is 2.58. The summed E-state index contributed by atoms with van der Waals surface area (Å²) in [6.45, 7) is 1.04. The summed E-state index contributed by atoms with van der Waals surface area (Å²) in [7, 11) is 1.58. The van der Waals surface area contributed by atoms with Crippen LogP contribution in [0.2, 0.25) is 5.02 Å². The Hall–Kier alpha value is -1.44. The Morgan fingerprint density at radius 2 is 2.33 bits per heavy atom. The standard InChI is InChI=1S/C10H12ClN3O3S/c1-17-5-4-12-10(18)13-9-6-7(14(15)16)2-3-8(9)11/h2-3,6H,4-5H2,1H3,(H2,12,13,18). The molecule has 0 aromatic heterocycles. The quantitative estimate of drug-likeness (QED) is 0.374. The number of hydrogen-bond donors (Lipinski definition) is 2. The fraction of sp³-hybridized carbons (Fsp3) is 0.300. The third-order valence-electron chi connectivity index (χ3n) is 2.00. The zero-order chi connectivity index (χ0) is 13.5. The first-order chi connectivity index (χ1) is 8.54. The minimum atomic E-state index is -0.497. The molecule has 0 saturated carbocycles. The Morgan fingerprint density at radius 1 is 1.61 bits per heavy atom. The topological polar surface area (TPSA) is 76.4 Å². The molecule has 0 aliphatic carbocycles. The number of rotatable bonds is 5. The molecule has 2 N–H and O–H groups in total. The molecular formula is C10H12ClN3O3S. The van der Waals surface area contributed by atoms with E-state index in [1.807, 2.05) is 0 Å². The summed E-state index contributed by atoms with van der Waals surface area (Å²) in [5.74, 6) is 0. The van der Waals surface area contributed by atoms with Gasteiger partial charge in [-0.1, -0.05) is 11.6 Å². The molecule has 1 rings (SSSR count). The monoisotopic (exact) mass is 289 g/mol. The molecule has 18 heavy (non-hydrogen) atoms. The molecule has 8 heteroatoms. The Morgan fingerprint density at radius 3 is 2.94 bits per heavy atom. The highest BCUT2D eigenvalue weighted by Crippen LogP contribution is 2.26. The van der Waals surface area contributed by atoms with Crippen LogP contribution < -0.4 is 10.6 Å². The van der Waals surface area contributed by atoms with Crippen LogP contribution in [-0.4, -0.2) is 30.3 Å². The van der Waals surface area contributed by atoms with Gasteiger partial charge in [0.05, 0.1) is 22.2 Å². The molecule has 6 nitrogen and oxygen atoms in total. The first-order valence-corrected chi connectivity index (χ1v) is 5.81. The van der Waals surface area contributed by atoms with Crippen molar-refractivity contribution >= 4 is 40.3 Å². The maximum atomic E-state index is 10.6. The van der Waals surface area contributed by atoms with Crippen LogP contribution in [0, 0.1) is 10.1 Å². The second-order valence-corrected chi connectivity index (χ2v) is 4.11. The molecule has 0 heterocycles. The molecule has 0 fully saturated rings. The highest BCUT2D eigenvalue weighted by atomic mass is 35.5. The summed E-state index contributed by atoms with van der Waals surface area (Å²) in [6.07, 6.45) is 0. The van der Waals surface area contributed by atoms with Crippen LogP contribution in [0.25, 0.3) is 0 Å². The third kappa shape index (κ3) is 4.44. The van der Waals surface area contributed by atoms with Crippen molar-refractivity contribution < 1.29 is 9.66 Å². The molecule has 0 unspecified atom stereocenters. The van der Waals surface area contributed by atoms with Gasteiger partial charge in [0.15, 0.2) is 5.11 Å². The van der Waals surface area contributed by atoms with Gasteiger partial charge < -0.3 is 15.4 Å². The maximum absolute atomic E-state index is 10.6. The molecular weight excluding hydrogens is 278 g/mol. The number of nitrogens with one attached hydrogen (secondary N) is 2. The largest absolute Gasteiger partial charge is 0.383 e. The molecule has 1 aromatic rings. The number of nitro groups is 1. The number of nitrogens with zero attached hydrogens (tertiary/aromatic N) is 1. The lowest BCUT2D eigenvalue weighted by Crippen LogP contribution is -2.31. The zero-order valence-electron chi connectivity index (χ0n) is 9.60. The smallest absolute Gasteiger partial charge is 0.271 e. The molecule has 0 aliphatic rings. The number of ether oxygens (including phenoxy) is 1. The summed E-state index contributed by atoms with van der Waals surface area (Å²) in [4.78, 5) is 10.1. The van der Waals surface area contributed by atoms with Crippen molar-refractivity contribution in [1.29, 1.82) is 0 Å². The highest BCUT2D eigenvalue weighted by Gasteiger charge is 2.10. The molecule has 98 valence electrons. The SMILES string of the molecule is COCCNC(=S)Nc1cc([N+](=O)[O-])ccc1Cl. The van der Waals surface area contributed by atoms with Crippen molar-refractivity contribution in [3.05, 3.63) is 33.3 Å². The van der Waals surface area contributed by atoms with Crippen molar-refractivity contribution in [2.75, 3.05) is 25.6 Å². The van der Waals surface area contributed by atoms with E-state index in [0.29, 0.717) is 29.0 Å². The van der Waals surface area contributed by atoms with Gasteiger partial charge >= 0.3 is 0 Å². The molecule has 0 bridgehead atoms. The minimum Gasteiger partial charge on any atom is -0.383 e. The van der Waals surface area contributed by atoms with Crippen molar-refractivity contribution in [1.82, 2.24) is 5.32 Å². The first kappa shape index (κ1) is 14.6. The van der Waals surface area contributed by atoms with Crippen LogP contribution >= 0.6 is 23.8 Å². The maximum Gasteiger partial charge on any atom is 0.271 e. The highest BCUT2D eigenvalue weighted by molar-refractivity contribution is 7.80. The molecule has 0 amide bonds. The van der Waals surface area contributed by atoms with E-state index in [1.54, 1.807) is 7.11 Å². The number of halogens is 1. The summed E-state index contributed by atoms with van der Waals surface area (Å²) in [5, 5.41) is 17.0. The summed E-state index contributed by atoms with van der Waals surface area (Å²) in [6, 6.07) is 4.10. The van der Waals surface area contributed by atoms with Gasteiger partial charge in [-0.15, -0.1) is 0 Å². The number of methoxy groups -OCH3 is 1. The van der Waals surface area contributed by atoms with Crippen LogP contribution in [0.15, 0.2) is 18.2 Å². The molecule has 0 saturated heterocycles. The van der Waals surface area contributed by atoms with E-state index in [2.05, 4.69) is 10.6 Å². The van der Waals surface area contributed by atoms with Gasteiger partial charge in [0.2, 0.25) is 0 Å². The fourth-order valence-electron chi connectivity index (χ4n) is 1.16. The predicted octanol–water partition coefficient (Wildman–Crippen LogP) is 2.18. The van der Waals surface area contributed by atoms with Crippen LogP contribution in [0.3, 0.4) is 0 Å². The molecule has 1 aromatic carbocycles. The van der Waals surface area contributed by atoms with E-state index in [4.69, 9.17) is 28.6 Å². The van der Waals surface area contributed by atoms with E-state index < -0.39 is 4.92 Å². The van der Waals surface area contributed by atoms with Crippen molar-refractivity contribution in [2.45, 2.75) is 0 Å². The molecule has 0 radical (unpaired) electrons. The van der Waals surface area contributed by atoms with Gasteiger partial charge in [-0.25, -0.2) is 0 Å². The second-order valence-electron chi connectivity index (χ2n) is 3.29. The van der Waals surface area contributed by atoms with E-state index in [1.165, 1.54) is 18.2 Å². The van der Waals surface area contributed by atoms with E-state index >= 15 is 0 Å². The van der Waals surface area contributed by atoms with Crippen LogP contribution in [-0.2, 0) is 4.74 Å². The van der Waals surface area contributed by atoms with Gasteiger partial charge in [-0.05, 0) is 18.3 Å². The molecule has 0 atom stereocenters. The number of benzene rings is 1. The average molecular weight is 290 g/mol.